The normalized spacial score (nSPS) is 22.9. The van der Waals surface area contributed by atoms with Crippen LogP contribution < -0.4 is 4.74 Å². The minimum absolute atomic E-state index is 0.242. The third-order valence-electron chi connectivity index (χ3n) is 4.13. The Balaban J connectivity index is 1.99. The van der Waals surface area contributed by atoms with Crippen LogP contribution in [-0.4, -0.2) is 12.6 Å². The van der Waals surface area contributed by atoms with Crippen LogP contribution in [-0.2, 0) is 10.3 Å². The lowest BCUT2D eigenvalue weighted by molar-refractivity contribution is -0.00611. The van der Waals surface area contributed by atoms with E-state index in [1.54, 1.807) is 0 Å². The molecule has 4 rings (SSSR count). The van der Waals surface area contributed by atoms with E-state index in [9.17, 15) is 4.79 Å². The Hall–Kier alpha value is -2.29. The minimum Gasteiger partial charge on any atom is -0.493 e. The van der Waals surface area contributed by atoms with Gasteiger partial charge in [-0.25, -0.2) is 4.79 Å². The molecule has 2 aliphatic rings. The van der Waals surface area contributed by atoms with Crippen molar-refractivity contribution in [1.82, 2.24) is 0 Å². The zero-order valence-electron chi connectivity index (χ0n) is 11.2. The van der Waals surface area contributed by atoms with E-state index < -0.39 is 5.60 Å². The SMILES string of the molecule is Cc1ccc2c(c1)OCCC21OC(=O)c2ccccc21. The maximum atomic E-state index is 12.2. The van der Waals surface area contributed by atoms with Crippen LogP contribution >= 0.6 is 0 Å². The summed E-state index contributed by atoms with van der Waals surface area (Å²) in [5, 5.41) is 0. The van der Waals surface area contributed by atoms with E-state index in [1.165, 1.54) is 0 Å². The van der Waals surface area contributed by atoms with E-state index in [-0.39, 0.29) is 5.97 Å². The van der Waals surface area contributed by atoms with Gasteiger partial charge in [0.2, 0.25) is 0 Å². The summed E-state index contributed by atoms with van der Waals surface area (Å²) in [6.07, 6.45) is 0.659. The molecule has 100 valence electrons. The van der Waals surface area contributed by atoms with Gasteiger partial charge in [-0.3, -0.25) is 0 Å². The van der Waals surface area contributed by atoms with Crippen LogP contribution in [0, 0.1) is 6.92 Å². The van der Waals surface area contributed by atoms with Gasteiger partial charge in [0.15, 0.2) is 5.60 Å². The molecule has 0 fully saturated rings. The lowest BCUT2D eigenvalue weighted by atomic mass is 9.81. The molecule has 0 saturated heterocycles. The fourth-order valence-corrected chi connectivity index (χ4v) is 3.19. The fourth-order valence-electron chi connectivity index (χ4n) is 3.19. The first-order valence-corrected chi connectivity index (χ1v) is 6.77. The Morgan fingerprint density at radius 2 is 1.95 bits per heavy atom. The predicted octanol–water partition coefficient (Wildman–Crippen LogP) is 3.19. The molecule has 2 aromatic rings. The monoisotopic (exact) mass is 266 g/mol. The lowest BCUT2D eigenvalue weighted by Gasteiger charge is -2.35. The van der Waals surface area contributed by atoms with Gasteiger partial charge < -0.3 is 9.47 Å². The molecule has 3 nitrogen and oxygen atoms in total. The number of esters is 1. The van der Waals surface area contributed by atoms with Crippen molar-refractivity contribution in [2.24, 2.45) is 0 Å². The van der Waals surface area contributed by atoms with Crippen LogP contribution in [0.2, 0.25) is 0 Å². The molecule has 2 aromatic carbocycles. The average molecular weight is 266 g/mol. The first kappa shape index (κ1) is 11.5. The van der Waals surface area contributed by atoms with E-state index in [0.717, 1.165) is 22.4 Å². The van der Waals surface area contributed by atoms with Gasteiger partial charge in [0.1, 0.15) is 5.75 Å². The van der Waals surface area contributed by atoms with Crippen molar-refractivity contribution in [3.05, 3.63) is 64.7 Å². The molecular weight excluding hydrogens is 252 g/mol. The van der Waals surface area contributed by atoms with Crippen LogP contribution in [0.25, 0.3) is 0 Å². The van der Waals surface area contributed by atoms with Gasteiger partial charge in [-0.15, -0.1) is 0 Å². The zero-order chi connectivity index (χ0) is 13.7. The summed E-state index contributed by atoms with van der Waals surface area (Å²) in [7, 11) is 0. The number of ether oxygens (including phenoxy) is 2. The van der Waals surface area contributed by atoms with Crippen molar-refractivity contribution in [3.63, 3.8) is 0 Å². The molecule has 1 spiro atoms. The van der Waals surface area contributed by atoms with Gasteiger partial charge in [-0.05, 0) is 24.6 Å². The molecule has 0 radical (unpaired) electrons. The second-order valence-corrected chi connectivity index (χ2v) is 5.36. The smallest absolute Gasteiger partial charge is 0.339 e. The summed E-state index contributed by atoms with van der Waals surface area (Å²) in [6.45, 7) is 2.58. The van der Waals surface area contributed by atoms with Gasteiger partial charge in [0.05, 0.1) is 12.2 Å². The highest BCUT2D eigenvalue weighted by atomic mass is 16.6. The van der Waals surface area contributed by atoms with Crippen molar-refractivity contribution in [2.45, 2.75) is 18.9 Å². The van der Waals surface area contributed by atoms with Gasteiger partial charge in [-0.1, -0.05) is 30.3 Å². The summed E-state index contributed by atoms with van der Waals surface area (Å²) >= 11 is 0. The second kappa shape index (κ2) is 3.85. The molecule has 2 heterocycles. The van der Waals surface area contributed by atoms with E-state index in [2.05, 4.69) is 0 Å². The first-order chi connectivity index (χ1) is 9.71. The molecule has 20 heavy (non-hydrogen) atoms. The highest BCUT2D eigenvalue weighted by Crippen LogP contribution is 2.49. The largest absolute Gasteiger partial charge is 0.493 e. The number of carbonyl (C=O) groups excluding carboxylic acids is 1. The molecule has 1 atom stereocenters. The number of rotatable bonds is 0. The molecular formula is C17H14O3. The topological polar surface area (TPSA) is 35.5 Å². The maximum Gasteiger partial charge on any atom is 0.339 e. The van der Waals surface area contributed by atoms with Gasteiger partial charge in [-0.2, -0.15) is 0 Å². The number of hydrogen-bond acceptors (Lipinski definition) is 3. The van der Waals surface area contributed by atoms with Crippen LogP contribution in [0.15, 0.2) is 42.5 Å². The minimum atomic E-state index is -0.672. The Kier molecular flexibility index (Phi) is 2.22. The molecule has 3 heteroatoms. The number of hydrogen-bond donors (Lipinski definition) is 0. The fraction of sp³-hybridized carbons (Fsp3) is 0.235. The van der Waals surface area contributed by atoms with Crippen molar-refractivity contribution in [2.75, 3.05) is 6.61 Å². The maximum absolute atomic E-state index is 12.2. The number of benzene rings is 2. The summed E-state index contributed by atoms with van der Waals surface area (Å²) < 4.78 is 11.6. The van der Waals surface area contributed by atoms with E-state index in [4.69, 9.17) is 9.47 Å². The Labute approximate surface area is 117 Å². The number of aryl methyl sites for hydroxylation is 1. The van der Waals surface area contributed by atoms with Gasteiger partial charge in [0, 0.05) is 17.5 Å². The number of fused-ring (bicyclic) bond motifs is 4. The standard InChI is InChI=1S/C17H14O3/c1-11-6-7-14-15(10-11)19-9-8-17(14)13-5-3-2-4-12(13)16(18)20-17/h2-7,10H,8-9H2,1H3. The molecule has 0 bridgehead atoms. The summed E-state index contributed by atoms with van der Waals surface area (Å²) in [6, 6.07) is 13.7. The first-order valence-electron chi connectivity index (χ1n) is 6.77. The van der Waals surface area contributed by atoms with Gasteiger partial charge in [0.25, 0.3) is 0 Å². The summed E-state index contributed by atoms with van der Waals surface area (Å²) in [5.74, 6) is 0.578. The van der Waals surface area contributed by atoms with E-state index in [1.807, 2.05) is 49.4 Å². The molecule has 0 aliphatic carbocycles. The van der Waals surface area contributed by atoms with E-state index in [0.29, 0.717) is 18.6 Å². The highest BCUT2D eigenvalue weighted by molar-refractivity contribution is 5.95. The Bertz CT molecular complexity index is 720. The molecule has 0 N–H and O–H groups in total. The van der Waals surface area contributed by atoms with Crippen molar-refractivity contribution in [3.8, 4) is 5.75 Å². The Morgan fingerprint density at radius 3 is 2.85 bits per heavy atom. The molecule has 1 unspecified atom stereocenters. The quantitative estimate of drug-likeness (QED) is 0.687. The van der Waals surface area contributed by atoms with Crippen LogP contribution in [0.1, 0.15) is 33.5 Å². The summed E-state index contributed by atoms with van der Waals surface area (Å²) in [4.78, 5) is 12.2. The zero-order valence-corrected chi connectivity index (χ0v) is 11.2. The van der Waals surface area contributed by atoms with E-state index >= 15 is 0 Å². The highest BCUT2D eigenvalue weighted by Gasteiger charge is 2.49. The van der Waals surface area contributed by atoms with Crippen molar-refractivity contribution < 1.29 is 14.3 Å². The molecule has 0 amide bonds. The third-order valence-corrected chi connectivity index (χ3v) is 4.13. The Morgan fingerprint density at radius 1 is 1.10 bits per heavy atom. The summed E-state index contributed by atoms with van der Waals surface area (Å²) in [5.41, 5.74) is 3.04. The third kappa shape index (κ3) is 1.38. The van der Waals surface area contributed by atoms with Crippen LogP contribution in [0.3, 0.4) is 0 Å². The number of carbonyl (C=O) groups is 1. The molecule has 2 aliphatic heterocycles. The lowest BCUT2D eigenvalue weighted by Crippen LogP contribution is -2.34. The second-order valence-electron chi connectivity index (χ2n) is 5.36. The van der Waals surface area contributed by atoms with Crippen molar-refractivity contribution >= 4 is 5.97 Å². The average Bonchev–Trinajstić information content (AvgIpc) is 2.73. The predicted molar refractivity (Wildman–Crippen MR) is 73.9 cm³/mol. The molecule has 0 aromatic heterocycles. The van der Waals surface area contributed by atoms with Crippen molar-refractivity contribution in [1.29, 1.82) is 0 Å². The molecule has 0 saturated carbocycles. The van der Waals surface area contributed by atoms with Crippen LogP contribution in [0.5, 0.6) is 5.75 Å². The van der Waals surface area contributed by atoms with Crippen LogP contribution in [0.4, 0.5) is 0 Å². The van der Waals surface area contributed by atoms with Gasteiger partial charge >= 0.3 is 5.97 Å².